The van der Waals surface area contributed by atoms with Crippen LogP contribution in [0.4, 0.5) is 5.82 Å². The Balaban J connectivity index is 3.58. The lowest BCUT2D eigenvalue weighted by Crippen LogP contribution is -2.12. The molecule has 0 atom stereocenters. The third-order valence-corrected chi connectivity index (χ3v) is 2.93. The number of nitrogens with zero attached hydrogens (tertiary/aromatic N) is 2. The number of carbonyl (C=O) groups excluding carboxylic acids is 1. The van der Waals surface area contributed by atoms with Crippen LogP contribution in [0.15, 0.2) is 5.03 Å². The molecule has 15 heavy (non-hydrogen) atoms. The number of nitrogen functional groups attached to an aromatic ring is 1. The van der Waals surface area contributed by atoms with Crippen LogP contribution in [0, 0.1) is 0 Å². The molecule has 7 nitrogen and oxygen atoms in total. The SMILES string of the molecule is COC(=O)c1c(N)nn(C)c1S(C)(=O)=O. The molecule has 0 aliphatic rings. The number of hydrogen-bond acceptors (Lipinski definition) is 6. The summed E-state index contributed by atoms with van der Waals surface area (Å²) in [5, 5.41) is 3.42. The molecular formula is C7H11N3O4S. The van der Waals surface area contributed by atoms with Crippen LogP contribution in [0.2, 0.25) is 0 Å². The Morgan fingerprint density at radius 1 is 1.53 bits per heavy atom. The normalized spacial score (nSPS) is 11.4. The predicted octanol–water partition coefficient (Wildman–Crippen LogP) is -0.808. The first kappa shape index (κ1) is 11.5. The fourth-order valence-corrected chi connectivity index (χ4v) is 2.33. The molecule has 1 heterocycles. The van der Waals surface area contributed by atoms with Crippen molar-refractivity contribution in [2.45, 2.75) is 5.03 Å². The average Bonchev–Trinajstić information content (AvgIpc) is 2.38. The molecule has 1 rings (SSSR count). The van der Waals surface area contributed by atoms with E-state index < -0.39 is 15.8 Å². The highest BCUT2D eigenvalue weighted by molar-refractivity contribution is 7.90. The van der Waals surface area contributed by atoms with Gasteiger partial charge in [-0.05, 0) is 0 Å². The van der Waals surface area contributed by atoms with E-state index in [1.807, 2.05) is 0 Å². The van der Waals surface area contributed by atoms with Crippen LogP contribution in [0.5, 0.6) is 0 Å². The largest absolute Gasteiger partial charge is 0.465 e. The lowest BCUT2D eigenvalue weighted by atomic mass is 10.3. The third-order valence-electron chi connectivity index (χ3n) is 1.76. The van der Waals surface area contributed by atoms with Gasteiger partial charge in [-0.1, -0.05) is 0 Å². The number of esters is 1. The molecule has 8 heteroatoms. The average molecular weight is 233 g/mol. The molecule has 0 saturated carbocycles. The van der Waals surface area contributed by atoms with E-state index in [-0.39, 0.29) is 16.4 Å². The first-order chi connectivity index (χ1) is 6.79. The summed E-state index contributed by atoms with van der Waals surface area (Å²) in [6.07, 6.45) is 0.968. The molecule has 2 N–H and O–H groups in total. The number of nitrogens with two attached hydrogens (primary N) is 1. The van der Waals surface area contributed by atoms with Gasteiger partial charge in [0.15, 0.2) is 20.7 Å². The second-order valence-electron chi connectivity index (χ2n) is 2.95. The summed E-state index contributed by atoms with van der Waals surface area (Å²) in [4.78, 5) is 11.3. The van der Waals surface area contributed by atoms with Gasteiger partial charge < -0.3 is 10.5 Å². The van der Waals surface area contributed by atoms with Gasteiger partial charge in [0.2, 0.25) is 0 Å². The van der Waals surface area contributed by atoms with Crippen LogP contribution in [0.25, 0.3) is 0 Å². The minimum absolute atomic E-state index is 0.162. The van der Waals surface area contributed by atoms with Crippen molar-refractivity contribution in [3.63, 3.8) is 0 Å². The van der Waals surface area contributed by atoms with Gasteiger partial charge in [0, 0.05) is 13.3 Å². The highest BCUT2D eigenvalue weighted by Crippen LogP contribution is 2.21. The molecule has 0 spiro atoms. The number of carbonyl (C=O) groups is 1. The Kier molecular flexibility index (Phi) is 2.71. The van der Waals surface area contributed by atoms with Crippen LogP contribution in [-0.4, -0.2) is 37.5 Å². The third kappa shape index (κ3) is 1.94. The Bertz CT molecular complexity index is 503. The summed E-state index contributed by atoms with van der Waals surface area (Å²) in [5.41, 5.74) is 5.20. The molecule has 1 aromatic heterocycles. The zero-order valence-corrected chi connectivity index (χ0v) is 9.33. The summed E-state index contributed by atoms with van der Waals surface area (Å²) in [6.45, 7) is 0. The second-order valence-corrected chi connectivity index (χ2v) is 4.88. The van der Waals surface area contributed by atoms with Crippen molar-refractivity contribution in [2.24, 2.45) is 7.05 Å². The maximum atomic E-state index is 11.4. The molecule has 0 radical (unpaired) electrons. The molecule has 0 aliphatic heterocycles. The summed E-state index contributed by atoms with van der Waals surface area (Å²) in [5.74, 6) is -0.981. The number of sulfone groups is 1. The summed E-state index contributed by atoms with van der Waals surface area (Å²) in [7, 11) is -1.05. The lowest BCUT2D eigenvalue weighted by molar-refractivity contribution is 0.0597. The molecule has 0 aliphatic carbocycles. The zero-order valence-electron chi connectivity index (χ0n) is 8.51. The van der Waals surface area contributed by atoms with Gasteiger partial charge in [0.25, 0.3) is 0 Å². The predicted molar refractivity (Wildman–Crippen MR) is 52.1 cm³/mol. The number of hydrogen-bond donors (Lipinski definition) is 1. The molecule has 0 fully saturated rings. The van der Waals surface area contributed by atoms with Crippen molar-refractivity contribution in [3.8, 4) is 0 Å². The van der Waals surface area contributed by atoms with Gasteiger partial charge in [-0.25, -0.2) is 13.2 Å². The smallest absolute Gasteiger partial charge is 0.344 e. The minimum atomic E-state index is -3.58. The number of methoxy groups -OCH3 is 1. The van der Waals surface area contributed by atoms with Crippen LogP contribution >= 0.6 is 0 Å². The summed E-state index contributed by atoms with van der Waals surface area (Å²) in [6, 6.07) is 0. The maximum Gasteiger partial charge on any atom is 0.344 e. The molecule has 0 bridgehead atoms. The van der Waals surface area contributed by atoms with E-state index in [1.165, 1.54) is 7.05 Å². The first-order valence-electron chi connectivity index (χ1n) is 3.90. The molecule has 0 saturated heterocycles. The highest BCUT2D eigenvalue weighted by Gasteiger charge is 2.28. The topological polar surface area (TPSA) is 104 Å². The highest BCUT2D eigenvalue weighted by atomic mass is 32.2. The monoisotopic (exact) mass is 233 g/mol. The maximum absolute atomic E-state index is 11.4. The van der Waals surface area contributed by atoms with Crippen molar-refractivity contribution in [2.75, 3.05) is 19.1 Å². The quantitative estimate of drug-likeness (QED) is 0.670. The van der Waals surface area contributed by atoms with Crippen LogP contribution in [0.3, 0.4) is 0 Å². The number of rotatable bonds is 2. The molecule has 0 amide bonds. The van der Waals surface area contributed by atoms with Crippen molar-refractivity contribution < 1.29 is 17.9 Å². The molecule has 1 aromatic rings. The van der Waals surface area contributed by atoms with E-state index in [0.29, 0.717) is 0 Å². The van der Waals surface area contributed by atoms with Crippen molar-refractivity contribution in [3.05, 3.63) is 5.56 Å². The Morgan fingerprint density at radius 3 is 2.47 bits per heavy atom. The summed E-state index contributed by atoms with van der Waals surface area (Å²) >= 11 is 0. The summed E-state index contributed by atoms with van der Waals surface area (Å²) < 4.78 is 28.2. The molecular weight excluding hydrogens is 222 g/mol. The van der Waals surface area contributed by atoms with Gasteiger partial charge in [-0.15, -0.1) is 0 Å². The van der Waals surface area contributed by atoms with Gasteiger partial charge in [0.05, 0.1) is 7.11 Å². The number of anilines is 1. The minimum Gasteiger partial charge on any atom is -0.465 e. The number of aromatic nitrogens is 2. The Morgan fingerprint density at radius 2 is 2.07 bits per heavy atom. The second kappa shape index (κ2) is 3.54. The number of aryl methyl sites for hydroxylation is 1. The van der Waals surface area contributed by atoms with Crippen molar-refractivity contribution in [1.29, 1.82) is 0 Å². The van der Waals surface area contributed by atoms with E-state index in [4.69, 9.17) is 5.73 Å². The van der Waals surface area contributed by atoms with Crippen LogP contribution in [-0.2, 0) is 21.6 Å². The van der Waals surface area contributed by atoms with Gasteiger partial charge in [-0.2, -0.15) is 5.10 Å². The molecule has 84 valence electrons. The Labute approximate surface area is 86.7 Å². The van der Waals surface area contributed by atoms with Gasteiger partial charge >= 0.3 is 5.97 Å². The zero-order chi connectivity index (χ0) is 11.8. The van der Waals surface area contributed by atoms with E-state index in [2.05, 4.69) is 9.84 Å². The molecule has 0 aromatic carbocycles. The standard InChI is InChI=1S/C7H11N3O4S/c1-10-6(15(3,12)13)4(5(8)9-10)7(11)14-2/h1-3H3,(H2,8,9). The number of ether oxygens (including phenoxy) is 1. The van der Waals surface area contributed by atoms with E-state index in [9.17, 15) is 13.2 Å². The van der Waals surface area contributed by atoms with E-state index in [0.717, 1.165) is 18.0 Å². The van der Waals surface area contributed by atoms with E-state index >= 15 is 0 Å². The van der Waals surface area contributed by atoms with Crippen molar-refractivity contribution >= 4 is 21.6 Å². The Hall–Kier alpha value is -1.57. The van der Waals surface area contributed by atoms with Gasteiger partial charge in [-0.3, -0.25) is 4.68 Å². The van der Waals surface area contributed by atoms with E-state index in [1.54, 1.807) is 0 Å². The molecule has 0 unspecified atom stereocenters. The fourth-order valence-electron chi connectivity index (χ4n) is 1.25. The van der Waals surface area contributed by atoms with Crippen LogP contribution < -0.4 is 5.73 Å². The van der Waals surface area contributed by atoms with Crippen molar-refractivity contribution in [1.82, 2.24) is 9.78 Å². The first-order valence-corrected chi connectivity index (χ1v) is 5.79. The lowest BCUT2D eigenvalue weighted by Gasteiger charge is -2.01. The fraction of sp³-hybridized carbons (Fsp3) is 0.429. The van der Waals surface area contributed by atoms with Gasteiger partial charge in [0.1, 0.15) is 5.56 Å². The van der Waals surface area contributed by atoms with Crippen LogP contribution in [0.1, 0.15) is 10.4 Å².